The van der Waals surface area contributed by atoms with E-state index in [9.17, 15) is 4.79 Å². The van der Waals surface area contributed by atoms with E-state index >= 15 is 0 Å². The molecule has 0 spiro atoms. The van der Waals surface area contributed by atoms with Gasteiger partial charge in [-0.2, -0.15) is 0 Å². The van der Waals surface area contributed by atoms with E-state index < -0.39 is 0 Å². The molecule has 1 aliphatic rings. The number of aryl methyl sites for hydroxylation is 1. The van der Waals surface area contributed by atoms with Gasteiger partial charge in [0.15, 0.2) is 23.0 Å². The molecule has 0 heterocycles. The number of amides is 1. The highest BCUT2D eigenvalue weighted by Crippen LogP contribution is 2.45. The van der Waals surface area contributed by atoms with Crippen LogP contribution in [-0.4, -0.2) is 34.8 Å². The van der Waals surface area contributed by atoms with Crippen molar-refractivity contribution in [1.82, 2.24) is 5.32 Å². The van der Waals surface area contributed by atoms with Crippen LogP contribution in [0.15, 0.2) is 30.3 Å². The fraction of sp³-hybridized carbons (Fsp3) is 0.381. The predicted molar refractivity (Wildman–Crippen MR) is 102 cm³/mol. The molecule has 0 saturated carbocycles. The van der Waals surface area contributed by atoms with Crippen LogP contribution < -0.4 is 24.3 Å². The number of carbonyl (C=O) groups is 1. The zero-order valence-electron chi connectivity index (χ0n) is 16.1. The van der Waals surface area contributed by atoms with Gasteiger partial charge in [-0.15, -0.1) is 0 Å². The number of benzene rings is 2. The van der Waals surface area contributed by atoms with Gasteiger partial charge in [-0.05, 0) is 53.8 Å². The molecule has 0 bridgehead atoms. The third-order valence-electron chi connectivity index (χ3n) is 5.19. The summed E-state index contributed by atoms with van der Waals surface area (Å²) < 4.78 is 21.7. The summed E-state index contributed by atoms with van der Waals surface area (Å²) in [7, 11) is 6.47. The van der Waals surface area contributed by atoms with Crippen molar-refractivity contribution >= 4 is 6.41 Å². The van der Waals surface area contributed by atoms with Crippen LogP contribution in [0.2, 0.25) is 0 Å². The number of ether oxygens (including phenoxy) is 4. The first-order valence-corrected chi connectivity index (χ1v) is 8.83. The zero-order valence-corrected chi connectivity index (χ0v) is 16.1. The Morgan fingerprint density at radius 1 is 0.889 bits per heavy atom. The van der Waals surface area contributed by atoms with Crippen LogP contribution in [0.25, 0.3) is 0 Å². The molecule has 2 atom stereocenters. The number of methoxy groups -OCH3 is 4. The molecule has 0 aliphatic heterocycles. The summed E-state index contributed by atoms with van der Waals surface area (Å²) in [4.78, 5) is 11.3. The maximum Gasteiger partial charge on any atom is 0.207 e. The maximum atomic E-state index is 11.3. The second-order valence-corrected chi connectivity index (χ2v) is 6.43. The lowest BCUT2D eigenvalue weighted by Gasteiger charge is -2.34. The van der Waals surface area contributed by atoms with Gasteiger partial charge in [-0.1, -0.05) is 6.07 Å². The van der Waals surface area contributed by atoms with Crippen LogP contribution in [-0.2, 0) is 11.2 Å². The van der Waals surface area contributed by atoms with E-state index in [0.717, 1.165) is 35.9 Å². The molecule has 1 amide bonds. The van der Waals surface area contributed by atoms with E-state index in [-0.39, 0.29) is 12.0 Å². The number of hydrogen-bond acceptors (Lipinski definition) is 5. The fourth-order valence-corrected chi connectivity index (χ4v) is 3.86. The predicted octanol–water partition coefficient (Wildman–Crippen LogP) is 3.24. The molecule has 6 heteroatoms. The summed E-state index contributed by atoms with van der Waals surface area (Å²) >= 11 is 0. The molecule has 27 heavy (non-hydrogen) atoms. The lowest BCUT2D eigenvalue weighted by Crippen LogP contribution is -2.30. The first-order valence-electron chi connectivity index (χ1n) is 8.83. The molecule has 0 fully saturated rings. The van der Waals surface area contributed by atoms with Gasteiger partial charge in [0.1, 0.15) is 0 Å². The summed E-state index contributed by atoms with van der Waals surface area (Å²) in [6.07, 6.45) is 2.53. The van der Waals surface area contributed by atoms with E-state index in [0.29, 0.717) is 23.0 Å². The van der Waals surface area contributed by atoms with Gasteiger partial charge >= 0.3 is 0 Å². The van der Waals surface area contributed by atoms with Gasteiger partial charge in [0.05, 0.1) is 34.5 Å². The van der Waals surface area contributed by atoms with Crippen molar-refractivity contribution in [2.24, 2.45) is 0 Å². The molecule has 0 aromatic heterocycles. The lowest BCUT2D eigenvalue weighted by molar-refractivity contribution is -0.110. The molecule has 1 N–H and O–H groups in total. The van der Waals surface area contributed by atoms with Gasteiger partial charge in [0.2, 0.25) is 6.41 Å². The number of hydrogen-bond donors (Lipinski definition) is 1. The van der Waals surface area contributed by atoms with Gasteiger partial charge < -0.3 is 24.3 Å². The molecule has 3 rings (SSSR count). The Hall–Kier alpha value is -2.89. The highest BCUT2D eigenvalue weighted by atomic mass is 16.5. The fourth-order valence-electron chi connectivity index (χ4n) is 3.86. The largest absolute Gasteiger partial charge is 0.493 e. The average Bonchev–Trinajstić information content (AvgIpc) is 2.72. The van der Waals surface area contributed by atoms with Crippen molar-refractivity contribution in [3.63, 3.8) is 0 Å². The molecular formula is C21H25NO5. The third-order valence-corrected chi connectivity index (χ3v) is 5.19. The maximum absolute atomic E-state index is 11.3. The molecule has 0 saturated heterocycles. The summed E-state index contributed by atoms with van der Waals surface area (Å²) in [5.41, 5.74) is 3.29. The third kappa shape index (κ3) is 3.52. The van der Waals surface area contributed by atoms with Crippen LogP contribution >= 0.6 is 0 Å². The summed E-state index contributed by atoms with van der Waals surface area (Å²) in [5.74, 6) is 2.83. The average molecular weight is 371 g/mol. The van der Waals surface area contributed by atoms with E-state index in [1.165, 1.54) is 0 Å². The van der Waals surface area contributed by atoms with Crippen molar-refractivity contribution in [1.29, 1.82) is 0 Å². The Balaban J connectivity index is 2.05. The zero-order chi connectivity index (χ0) is 19.4. The highest BCUT2D eigenvalue weighted by Gasteiger charge is 2.32. The van der Waals surface area contributed by atoms with Crippen molar-refractivity contribution in [3.8, 4) is 23.0 Å². The molecular weight excluding hydrogens is 346 g/mol. The van der Waals surface area contributed by atoms with Crippen LogP contribution in [0, 0.1) is 0 Å². The van der Waals surface area contributed by atoms with Crippen LogP contribution in [0.3, 0.4) is 0 Å². The number of fused-ring (bicyclic) bond motifs is 1. The lowest BCUT2D eigenvalue weighted by atomic mass is 9.76. The topological polar surface area (TPSA) is 66.0 Å². The second-order valence-electron chi connectivity index (χ2n) is 6.43. The molecule has 1 aliphatic carbocycles. The van der Waals surface area contributed by atoms with Gasteiger partial charge in [0.25, 0.3) is 0 Å². The minimum Gasteiger partial charge on any atom is -0.493 e. The monoisotopic (exact) mass is 371 g/mol. The molecule has 2 aromatic rings. The summed E-state index contributed by atoms with van der Waals surface area (Å²) in [5, 5.41) is 3.00. The smallest absolute Gasteiger partial charge is 0.207 e. The van der Waals surface area contributed by atoms with E-state index in [1.54, 1.807) is 28.4 Å². The minimum absolute atomic E-state index is 0.112. The van der Waals surface area contributed by atoms with E-state index in [1.807, 2.05) is 30.3 Å². The van der Waals surface area contributed by atoms with Crippen LogP contribution in [0.1, 0.15) is 35.1 Å². The van der Waals surface area contributed by atoms with Gasteiger partial charge in [-0.25, -0.2) is 0 Å². The SMILES string of the molecule is COc1ccc([C@H]2CCc3cc(OC)c(OC)cc3[C@@H]2NC=O)cc1OC. The molecule has 6 nitrogen and oxygen atoms in total. The van der Waals surface area contributed by atoms with Crippen LogP contribution in [0.4, 0.5) is 0 Å². The first-order chi connectivity index (χ1) is 13.2. The highest BCUT2D eigenvalue weighted by molar-refractivity contribution is 5.55. The minimum atomic E-state index is -0.163. The molecule has 144 valence electrons. The first kappa shape index (κ1) is 18.9. The van der Waals surface area contributed by atoms with E-state index in [2.05, 4.69) is 5.32 Å². The Morgan fingerprint density at radius 2 is 1.52 bits per heavy atom. The number of carbonyl (C=O) groups excluding carboxylic acids is 1. The molecule has 2 aromatic carbocycles. The Morgan fingerprint density at radius 3 is 2.15 bits per heavy atom. The Bertz CT molecular complexity index is 820. The molecule has 0 unspecified atom stereocenters. The normalized spacial score (nSPS) is 18.2. The van der Waals surface area contributed by atoms with Crippen molar-refractivity contribution in [2.45, 2.75) is 24.8 Å². The standard InChI is InChI=1S/C21H25NO5/c1-24-17-8-6-13(9-18(17)25-2)15-7-5-14-10-19(26-3)20(27-4)11-16(14)21(15)22-12-23/h6,8-12,15,21H,5,7H2,1-4H3,(H,22,23)/t15-,21-/m1/s1. The Kier molecular flexibility index (Phi) is 5.74. The summed E-state index contributed by atoms with van der Waals surface area (Å²) in [6, 6.07) is 9.70. The Labute approximate surface area is 159 Å². The van der Waals surface area contributed by atoms with E-state index in [4.69, 9.17) is 18.9 Å². The van der Waals surface area contributed by atoms with Crippen LogP contribution in [0.5, 0.6) is 23.0 Å². The van der Waals surface area contributed by atoms with Crippen molar-refractivity contribution < 1.29 is 23.7 Å². The summed E-state index contributed by atoms with van der Waals surface area (Å²) in [6.45, 7) is 0. The number of nitrogens with one attached hydrogen (secondary N) is 1. The molecule has 0 radical (unpaired) electrons. The van der Waals surface area contributed by atoms with Crippen molar-refractivity contribution in [2.75, 3.05) is 28.4 Å². The van der Waals surface area contributed by atoms with Gasteiger partial charge in [0, 0.05) is 5.92 Å². The quantitative estimate of drug-likeness (QED) is 0.757. The van der Waals surface area contributed by atoms with Crippen molar-refractivity contribution in [3.05, 3.63) is 47.0 Å². The number of rotatable bonds is 7. The second kappa shape index (κ2) is 8.20. The van der Waals surface area contributed by atoms with Gasteiger partial charge in [-0.3, -0.25) is 4.79 Å².